The number of hydrogen-bond donors (Lipinski definition) is 2. The maximum absolute atomic E-state index is 11.7. The molecule has 0 atom stereocenters. The molecule has 0 unspecified atom stereocenters. The zero-order valence-electron chi connectivity index (χ0n) is 16.8. The topological polar surface area (TPSA) is 113 Å². The summed E-state index contributed by atoms with van der Waals surface area (Å²) in [6.45, 7) is 1.83. The highest BCUT2D eigenvalue weighted by molar-refractivity contribution is 7.43. The zero-order chi connectivity index (χ0) is 21.3. The second-order valence-electron chi connectivity index (χ2n) is 7.24. The van der Waals surface area contributed by atoms with Crippen molar-refractivity contribution in [1.29, 1.82) is 0 Å². The lowest BCUT2D eigenvalue weighted by Gasteiger charge is -2.43. The van der Waals surface area contributed by atoms with E-state index in [4.69, 9.17) is 4.52 Å². The fourth-order valence-corrected chi connectivity index (χ4v) is 4.22. The summed E-state index contributed by atoms with van der Waals surface area (Å²) in [5, 5.41) is 18.6. The van der Waals surface area contributed by atoms with Crippen LogP contribution in [-0.2, 0) is 27.9 Å². The Morgan fingerprint density at radius 1 is 0.828 bits per heavy atom. The minimum atomic E-state index is -5.32. The van der Waals surface area contributed by atoms with E-state index >= 15 is 0 Å². The molecule has 0 saturated heterocycles. The highest BCUT2D eigenvalue weighted by Crippen LogP contribution is 2.47. The van der Waals surface area contributed by atoms with Crippen molar-refractivity contribution in [2.24, 2.45) is 0 Å². The number of rotatable bonds is 12. The van der Waals surface area contributed by atoms with E-state index in [0.29, 0.717) is 35.1 Å². The highest BCUT2D eigenvalue weighted by atomic mass is 31.2. The van der Waals surface area contributed by atoms with Gasteiger partial charge >= 0.3 is 0 Å². The first kappa shape index (κ1) is 23.7. The van der Waals surface area contributed by atoms with E-state index in [1.807, 2.05) is 0 Å². The normalized spacial score (nSPS) is 12.3. The van der Waals surface area contributed by atoms with Crippen molar-refractivity contribution < 1.29 is 29.1 Å². The van der Waals surface area contributed by atoms with Crippen molar-refractivity contribution in [2.45, 2.75) is 64.3 Å². The zero-order valence-corrected chi connectivity index (χ0v) is 17.6. The number of aliphatic hydroxyl groups is 2. The number of benzene rings is 2. The van der Waals surface area contributed by atoms with Gasteiger partial charge in [0.15, 0.2) is 0 Å². The molecule has 0 aliphatic rings. The monoisotopic (exact) mass is 420 g/mol. The lowest BCUT2D eigenvalue weighted by molar-refractivity contribution is -0.349. The molecule has 0 bridgehead atoms. The van der Waals surface area contributed by atoms with Gasteiger partial charge < -0.3 is 29.1 Å². The van der Waals surface area contributed by atoms with E-state index < -0.39 is 13.4 Å². The van der Waals surface area contributed by atoms with Crippen molar-refractivity contribution in [2.75, 3.05) is 0 Å². The average Bonchev–Trinajstić information content (AvgIpc) is 2.72. The van der Waals surface area contributed by atoms with Crippen LogP contribution in [0.1, 0.15) is 67.7 Å². The van der Waals surface area contributed by atoms with Gasteiger partial charge in [-0.15, -0.1) is 0 Å². The summed E-state index contributed by atoms with van der Waals surface area (Å²) in [6, 6.07) is 13.5. The van der Waals surface area contributed by atoms with Crippen LogP contribution < -0.4 is 9.79 Å². The molecular formula is C22H29O6P-2. The van der Waals surface area contributed by atoms with Crippen LogP contribution in [0.3, 0.4) is 0 Å². The molecular weight excluding hydrogens is 391 g/mol. The maximum atomic E-state index is 11.7. The maximum Gasteiger partial charge on any atom is 0.123 e. The van der Waals surface area contributed by atoms with Crippen LogP contribution in [0.25, 0.3) is 0 Å². The molecule has 0 radical (unpaired) electrons. The van der Waals surface area contributed by atoms with Gasteiger partial charge in [-0.25, -0.2) is 0 Å². The summed E-state index contributed by atoms with van der Waals surface area (Å²) in [4.78, 5) is 23.5. The summed E-state index contributed by atoms with van der Waals surface area (Å²) < 4.78 is 17.0. The van der Waals surface area contributed by atoms with Crippen LogP contribution >= 0.6 is 7.82 Å². The molecule has 0 saturated carbocycles. The Bertz CT molecular complexity index is 734. The van der Waals surface area contributed by atoms with Crippen molar-refractivity contribution in [3.8, 4) is 0 Å². The van der Waals surface area contributed by atoms with Crippen LogP contribution in [0.4, 0.5) is 0 Å². The second kappa shape index (κ2) is 11.0. The third kappa shape index (κ3) is 6.75. The van der Waals surface area contributed by atoms with Crippen molar-refractivity contribution >= 4 is 7.82 Å². The SMILES string of the molecule is CCCCCCCC(OP(=O)([O-])[O-])(c1ccc(CO)cc1)c1ccc(CO)cc1. The summed E-state index contributed by atoms with van der Waals surface area (Å²) in [5.74, 6) is 0. The molecule has 0 aromatic heterocycles. The molecule has 0 aliphatic carbocycles. The van der Waals surface area contributed by atoms with Crippen LogP contribution in [-0.4, -0.2) is 10.2 Å². The van der Waals surface area contributed by atoms with Gasteiger partial charge in [-0.05, 0) is 35.1 Å². The van der Waals surface area contributed by atoms with E-state index in [-0.39, 0.29) is 13.2 Å². The molecule has 2 N–H and O–H groups in total. The van der Waals surface area contributed by atoms with Crippen molar-refractivity contribution in [3.05, 3.63) is 70.8 Å². The molecule has 7 heteroatoms. The molecule has 2 aromatic rings. The van der Waals surface area contributed by atoms with E-state index in [9.17, 15) is 24.6 Å². The number of unbranched alkanes of at least 4 members (excludes halogenated alkanes) is 4. The Balaban J connectivity index is 2.50. The molecule has 2 aromatic carbocycles. The Hall–Kier alpha value is -1.53. The molecule has 0 aliphatic heterocycles. The van der Waals surface area contributed by atoms with Gasteiger partial charge in [0.1, 0.15) is 5.60 Å². The Kier molecular flexibility index (Phi) is 9.03. The van der Waals surface area contributed by atoms with Gasteiger partial charge in [-0.2, -0.15) is 0 Å². The molecule has 0 fully saturated rings. The van der Waals surface area contributed by atoms with E-state index in [1.165, 1.54) is 0 Å². The number of hydrogen-bond acceptors (Lipinski definition) is 6. The average molecular weight is 420 g/mol. The standard InChI is InChI=1S/C22H31O6P/c1-2-3-4-5-6-15-22(28-29(25,26)27,20-11-7-18(16-23)8-12-20)21-13-9-19(17-24)10-14-21/h7-14,23-24H,2-6,15-17H2,1H3,(H2,25,26,27)/p-2. The van der Waals surface area contributed by atoms with Gasteiger partial charge in [0.2, 0.25) is 0 Å². The van der Waals surface area contributed by atoms with Crippen LogP contribution in [0.15, 0.2) is 48.5 Å². The fraction of sp³-hybridized carbons (Fsp3) is 0.455. The van der Waals surface area contributed by atoms with E-state index in [0.717, 1.165) is 25.7 Å². The predicted octanol–water partition coefficient (Wildman–Crippen LogP) is 3.12. The largest absolute Gasteiger partial charge is 0.790 e. The smallest absolute Gasteiger partial charge is 0.123 e. The molecule has 160 valence electrons. The molecule has 0 heterocycles. The fourth-order valence-electron chi connectivity index (χ4n) is 3.53. The summed E-state index contributed by atoms with van der Waals surface area (Å²) in [6.07, 6.45) is 5.09. The molecule has 2 rings (SSSR count). The minimum absolute atomic E-state index is 0.141. The quantitative estimate of drug-likeness (QED) is 0.403. The first-order chi connectivity index (χ1) is 13.8. The third-order valence-corrected chi connectivity index (χ3v) is 5.64. The molecule has 6 nitrogen and oxygen atoms in total. The van der Waals surface area contributed by atoms with E-state index in [1.54, 1.807) is 48.5 Å². The number of aliphatic hydroxyl groups excluding tert-OH is 2. The van der Waals surface area contributed by atoms with E-state index in [2.05, 4.69) is 6.92 Å². The number of phosphoric acid groups is 1. The van der Waals surface area contributed by atoms with Crippen LogP contribution in [0.2, 0.25) is 0 Å². The Labute approximate surface area is 172 Å². The lowest BCUT2D eigenvalue weighted by atomic mass is 9.81. The van der Waals surface area contributed by atoms with Crippen molar-refractivity contribution in [3.63, 3.8) is 0 Å². The van der Waals surface area contributed by atoms with Gasteiger partial charge in [0, 0.05) is 0 Å². The van der Waals surface area contributed by atoms with Crippen LogP contribution in [0, 0.1) is 0 Å². The van der Waals surface area contributed by atoms with Gasteiger partial charge in [0.25, 0.3) is 0 Å². The minimum Gasteiger partial charge on any atom is -0.790 e. The second-order valence-corrected chi connectivity index (χ2v) is 8.32. The molecule has 0 spiro atoms. The lowest BCUT2D eigenvalue weighted by Crippen LogP contribution is -2.35. The predicted molar refractivity (Wildman–Crippen MR) is 108 cm³/mol. The Morgan fingerprint density at radius 3 is 1.66 bits per heavy atom. The number of phosphoric ester groups is 1. The summed E-state index contributed by atoms with van der Waals surface area (Å²) >= 11 is 0. The highest BCUT2D eigenvalue weighted by Gasteiger charge is 2.36. The summed E-state index contributed by atoms with van der Waals surface area (Å²) in [5.41, 5.74) is 0.970. The third-order valence-electron chi connectivity index (χ3n) is 5.11. The summed E-state index contributed by atoms with van der Waals surface area (Å²) in [7, 11) is -5.32. The Morgan fingerprint density at radius 2 is 1.28 bits per heavy atom. The van der Waals surface area contributed by atoms with Gasteiger partial charge in [0.05, 0.1) is 21.0 Å². The van der Waals surface area contributed by atoms with Crippen molar-refractivity contribution in [1.82, 2.24) is 0 Å². The van der Waals surface area contributed by atoms with Gasteiger partial charge in [-0.1, -0.05) is 81.1 Å². The first-order valence-corrected chi connectivity index (χ1v) is 11.4. The van der Waals surface area contributed by atoms with Crippen LogP contribution in [0.5, 0.6) is 0 Å². The van der Waals surface area contributed by atoms with Gasteiger partial charge in [-0.3, -0.25) is 0 Å². The molecule has 0 amide bonds. The molecule has 29 heavy (non-hydrogen) atoms. The first-order valence-electron chi connectivity index (χ1n) is 9.98.